The number of piperazine rings is 1. The Morgan fingerprint density at radius 1 is 1.26 bits per heavy atom. The third kappa shape index (κ3) is 4.30. The van der Waals surface area contributed by atoms with E-state index in [1.165, 1.54) is 6.07 Å². The number of carbonyl (C=O) groups is 1. The van der Waals surface area contributed by atoms with Gasteiger partial charge < -0.3 is 24.9 Å². The summed E-state index contributed by atoms with van der Waals surface area (Å²) in [6, 6.07) is 10.1. The number of rotatable bonds is 5. The van der Waals surface area contributed by atoms with Gasteiger partial charge in [0.25, 0.3) is 5.69 Å². The number of non-ortho nitro benzene ring substituents is 1. The molecule has 0 amide bonds. The van der Waals surface area contributed by atoms with Gasteiger partial charge in [-0.2, -0.15) is 0 Å². The maximum Gasteiger partial charge on any atom is 0.270 e. The van der Waals surface area contributed by atoms with Crippen molar-refractivity contribution in [3.63, 3.8) is 0 Å². The fourth-order valence-electron chi connectivity index (χ4n) is 3.94. The van der Waals surface area contributed by atoms with Crippen LogP contribution in [0.1, 0.15) is 20.8 Å². The number of hydrogen-bond acceptors (Lipinski definition) is 7. The first-order valence-corrected chi connectivity index (χ1v) is 10.2. The smallest absolute Gasteiger partial charge is 0.270 e. The van der Waals surface area contributed by atoms with E-state index in [0.717, 1.165) is 34.5 Å². The number of nitro benzene ring substituents is 1. The van der Waals surface area contributed by atoms with Crippen molar-refractivity contribution < 1.29 is 9.72 Å². The van der Waals surface area contributed by atoms with E-state index in [9.17, 15) is 14.9 Å². The van der Waals surface area contributed by atoms with E-state index >= 15 is 0 Å². The lowest BCUT2D eigenvalue weighted by molar-refractivity contribution is -0.384. The molecule has 0 spiro atoms. The second-order valence-electron chi connectivity index (χ2n) is 8.78. The Labute approximate surface area is 180 Å². The van der Waals surface area contributed by atoms with Crippen molar-refractivity contribution in [1.82, 2.24) is 9.97 Å². The minimum Gasteiger partial charge on any atom is -0.377 e. The molecule has 1 atom stereocenters. The van der Waals surface area contributed by atoms with E-state index in [1.807, 2.05) is 23.1 Å². The lowest BCUT2D eigenvalue weighted by Crippen LogP contribution is -2.54. The standard InChI is InChI=1S/C22H26N6O3/c1-22(2,3)25-19-5-4-8-23-21(19)26-9-10-27(17(13-26)14-29)20-12-15-11-16(28(30)31)6-7-18(15)24-20/h4-8,11-12,14,17,24-25H,9-10,13H2,1-3H3. The van der Waals surface area contributed by atoms with Crippen molar-refractivity contribution in [3.8, 4) is 0 Å². The van der Waals surface area contributed by atoms with Gasteiger partial charge in [-0.15, -0.1) is 0 Å². The Hall–Kier alpha value is -3.62. The van der Waals surface area contributed by atoms with Gasteiger partial charge in [0.2, 0.25) is 0 Å². The molecule has 3 heterocycles. The summed E-state index contributed by atoms with van der Waals surface area (Å²) < 4.78 is 0. The van der Waals surface area contributed by atoms with Gasteiger partial charge in [-0.1, -0.05) is 0 Å². The first-order chi connectivity index (χ1) is 14.7. The zero-order valence-corrected chi connectivity index (χ0v) is 17.8. The Bertz CT molecular complexity index is 1120. The number of aldehydes is 1. The minimum atomic E-state index is -0.408. The molecule has 0 aliphatic carbocycles. The van der Waals surface area contributed by atoms with E-state index in [2.05, 4.69) is 41.0 Å². The van der Waals surface area contributed by atoms with E-state index in [-0.39, 0.29) is 17.3 Å². The monoisotopic (exact) mass is 422 g/mol. The number of pyridine rings is 1. The van der Waals surface area contributed by atoms with Crippen LogP contribution < -0.4 is 15.1 Å². The van der Waals surface area contributed by atoms with Gasteiger partial charge in [0.15, 0.2) is 5.82 Å². The van der Waals surface area contributed by atoms with Crippen LogP contribution in [0.5, 0.6) is 0 Å². The molecule has 162 valence electrons. The van der Waals surface area contributed by atoms with Crippen LogP contribution in [-0.2, 0) is 4.79 Å². The molecule has 1 fully saturated rings. The number of aromatic amines is 1. The van der Waals surface area contributed by atoms with Crippen LogP contribution in [0.25, 0.3) is 10.9 Å². The highest BCUT2D eigenvalue weighted by molar-refractivity contribution is 5.87. The van der Waals surface area contributed by atoms with Gasteiger partial charge in [0.05, 0.1) is 10.6 Å². The normalized spacial score (nSPS) is 17.1. The Kier molecular flexibility index (Phi) is 5.26. The van der Waals surface area contributed by atoms with Crippen molar-refractivity contribution in [1.29, 1.82) is 0 Å². The first-order valence-electron chi connectivity index (χ1n) is 10.2. The highest BCUT2D eigenvalue weighted by atomic mass is 16.6. The van der Waals surface area contributed by atoms with Crippen molar-refractivity contribution >= 4 is 40.2 Å². The van der Waals surface area contributed by atoms with Gasteiger partial charge in [-0.05, 0) is 45.0 Å². The van der Waals surface area contributed by atoms with Crippen LogP contribution in [0.15, 0.2) is 42.6 Å². The summed E-state index contributed by atoms with van der Waals surface area (Å²) in [6.07, 6.45) is 2.70. The number of nitro groups is 1. The Morgan fingerprint density at radius 3 is 2.77 bits per heavy atom. The van der Waals surface area contributed by atoms with Crippen LogP contribution in [0.4, 0.5) is 23.0 Å². The van der Waals surface area contributed by atoms with Crippen LogP contribution >= 0.6 is 0 Å². The molecule has 0 bridgehead atoms. The van der Waals surface area contributed by atoms with Crippen molar-refractivity contribution in [3.05, 3.63) is 52.7 Å². The predicted octanol–water partition coefficient (Wildman–Crippen LogP) is 3.58. The summed E-state index contributed by atoms with van der Waals surface area (Å²) in [5.41, 5.74) is 1.67. The molecule has 3 aromatic rings. The van der Waals surface area contributed by atoms with Gasteiger partial charge in [0, 0.05) is 54.4 Å². The molecule has 2 aromatic heterocycles. The number of benzene rings is 1. The highest BCUT2D eigenvalue weighted by Crippen LogP contribution is 2.31. The lowest BCUT2D eigenvalue weighted by atomic mass is 10.1. The molecule has 1 saturated heterocycles. The number of fused-ring (bicyclic) bond motifs is 1. The molecular formula is C22H26N6O3. The molecule has 1 aliphatic heterocycles. The highest BCUT2D eigenvalue weighted by Gasteiger charge is 2.30. The van der Waals surface area contributed by atoms with Gasteiger partial charge >= 0.3 is 0 Å². The second kappa shape index (κ2) is 7.90. The number of H-pyrrole nitrogens is 1. The van der Waals surface area contributed by atoms with E-state index in [1.54, 1.807) is 18.3 Å². The average Bonchev–Trinajstić information content (AvgIpc) is 3.15. The summed E-state index contributed by atoms with van der Waals surface area (Å²) in [4.78, 5) is 34.6. The van der Waals surface area contributed by atoms with E-state index in [0.29, 0.717) is 19.6 Å². The number of nitrogens with one attached hydrogen (secondary N) is 2. The topological polar surface area (TPSA) is 107 Å². The first kappa shape index (κ1) is 20.6. The summed E-state index contributed by atoms with van der Waals surface area (Å²) in [5, 5.41) is 15.3. The quantitative estimate of drug-likeness (QED) is 0.368. The van der Waals surface area contributed by atoms with Gasteiger partial charge in [0.1, 0.15) is 18.1 Å². The third-order valence-electron chi connectivity index (χ3n) is 5.28. The van der Waals surface area contributed by atoms with Crippen LogP contribution in [-0.4, -0.2) is 52.4 Å². The molecular weight excluding hydrogens is 396 g/mol. The molecule has 1 aliphatic rings. The molecule has 2 N–H and O–H groups in total. The molecule has 4 rings (SSSR count). The molecule has 31 heavy (non-hydrogen) atoms. The molecule has 0 radical (unpaired) electrons. The Morgan fingerprint density at radius 2 is 2.06 bits per heavy atom. The zero-order chi connectivity index (χ0) is 22.2. The molecule has 9 heteroatoms. The third-order valence-corrected chi connectivity index (χ3v) is 5.28. The summed E-state index contributed by atoms with van der Waals surface area (Å²) in [5.74, 6) is 1.61. The van der Waals surface area contributed by atoms with Gasteiger partial charge in [-0.25, -0.2) is 4.98 Å². The fraction of sp³-hybridized carbons (Fsp3) is 0.364. The van der Waals surface area contributed by atoms with E-state index < -0.39 is 4.92 Å². The SMILES string of the molecule is CC(C)(C)Nc1cccnc1N1CCN(c2cc3cc([N+](=O)[O-])ccc3[nH]2)C(C=O)C1. The predicted molar refractivity (Wildman–Crippen MR) is 122 cm³/mol. The Balaban J connectivity index is 1.58. The number of hydrogen-bond donors (Lipinski definition) is 2. The molecule has 0 saturated carbocycles. The number of nitrogens with zero attached hydrogens (tertiary/aromatic N) is 4. The van der Waals surface area contributed by atoms with Crippen molar-refractivity contribution in [2.24, 2.45) is 0 Å². The maximum atomic E-state index is 12.0. The maximum absolute atomic E-state index is 12.0. The molecule has 1 aromatic carbocycles. The van der Waals surface area contributed by atoms with Crippen molar-refractivity contribution in [2.75, 3.05) is 34.8 Å². The van der Waals surface area contributed by atoms with Crippen LogP contribution in [0.3, 0.4) is 0 Å². The van der Waals surface area contributed by atoms with Gasteiger partial charge in [-0.3, -0.25) is 10.1 Å². The summed E-state index contributed by atoms with van der Waals surface area (Å²) >= 11 is 0. The zero-order valence-electron chi connectivity index (χ0n) is 17.8. The number of aromatic nitrogens is 2. The largest absolute Gasteiger partial charge is 0.377 e. The fourth-order valence-corrected chi connectivity index (χ4v) is 3.94. The molecule has 1 unspecified atom stereocenters. The van der Waals surface area contributed by atoms with Crippen molar-refractivity contribution in [2.45, 2.75) is 32.4 Å². The molecule has 9 nitrogen and oxygen atoms in total. The second-order valence-corrected chi connectivity index (χ2v) is 8.78. The summed E-state index contributed by atoms with van der Waals surface area (Å²) in [6.45, 7) is 8.08. The summed E-state index contributed by atoms with van der Waals surface area (Å²) in [7, 11) is 0. The van der Waals surface area contributed by atoms with Crippen LogP contribution in [0, 0.1) is 10.1 Å². The van der Waals surface area contributed by atoms with E-state index in [4.69, 9.17) is 0 Å². The van der Waals surface area contributed by atoms with Crippen LogP contribution in [0.2, 0.25) is 0 Å². The number of carbonyl (C=O) groups excluding carboxylic acids is 1. The average molecular weight is 422 g/mol. The minimum absolute atomic E-state index is 0.0452. The lowest BCUT2D eigenvalue weighted by Gasteiger charge is -2.41. The number of anilines is 3.